The SMILES string of the molecule is C=CCC1(CC=C)C(Nc2ccccc2)=C(C(=O)O)CC(Nc2ccccc2)=C1C(=O)O. The fraction of sp³-hybridized carbons (Fsp3) is 0.154. The van der Waals surface area contributed by atoms with Crippen LogP contribution in [0.2, 0.25) is 0 Å². The number of benzene rings is 2. The highest BCUT2D eigenvalue weighted by Crippen LogP contribution is 2.50. The molecule has 0 fully saturated rings. The highest BCUT2D eigenvalue weighted by atomic mass is 16.4. The number of rotatable bonds is 10. The second kappa shape index (κ2) is 9.83. The van der Waals surface area contributed by atoms with Crippen molar-refractivity contribution >= 4 is 23.3 Å². The van der Waals surface area contributed by atoms with Gasteiger partial charge in [0.1, 0.15) is 0 Å². The van der Waals surface area contributed by atoms with Gasteiger partial charge in [-0.3, -0.25) is 0 Å². The monoisotopic (exact) mass is 430 g/mol. The van der Waals surface area contributed by atoms with Crippen LogP contribution in [-0.2, 0) is 9.59 Å². The Morgan fingerprint density at radius 1 is 0.844 bits per heavy atom. The number of allylic oxidation sites excluding steroid dienone is 4. The third-order valence-corrected chi connectivity index (χ3v) is 5.48. The minimum absolute atomic E-state index is 0.0724. The predicted molar refractivity (Wildman–Crippen MR) is 126 cm³/mol. The first kappa shape index (κ1) is 22.6. The number of carbonyl (C=O) groups is 2. The number of nitrogens with one attached hydrogen (secondary N) is 2. The zero-order chi connectivity index (χ0) is 23.1. The average molecular weight is 431 g/mol. The Morgan fingerprint density at radius 3 is 1.78 bits per heavy atom. The molecule has 1 aliphatic carbocycles. The standard InChI is InChI=1S/C26H26N2O4/c1-3-15-26(16-4-2)22(25(31)32)21(27-18-11-7-5-8-12-18)17-20(24(29)30)23(26)28-19-13-9-6-10-14-19/h3-14,27-28H,1-2,15-17H2,(H,29,30)(H,31,32). The Balaban J connectivity index is 2.27. The summed E-state index contributed by atoms with van der Waals surface area (Å²) in [6, 6.07) is 18.2. The van der Waals surface area contributed by atoms with E-state index in [-0.39, 0.29) is 30.4 Å². The molecule has 0 spiro atoms. The van der Waals surface area contributed by atoms with Gasteiger partial charge in [0.2, 0.25) is 0 Å². The van der Waals surface area contributed by atoms with Crippen LogP contribution in [-0.4, -0.2) is 22.2 Å². The van der Waals surface area contributed by atoms with Gasteiger partial charge in [-0.15, -0.1) is 13.2 Å². The molecule has 6 nitrogen and oxygen atoms in total. The predicted octanol–water partition coefficient (Wildman–Crippen LogP) is 5.43. The van der Waals surface area contributed by atoms with Gasteiger partial charge in [-0.1, -0.05) is 48.6 Å². The summed E-state index contributed by atoms with van der Waals surface area (Å²) in [7, 11) is 0. The Morgan fingerprint density at radius 2 is 1.34 bits per heavy atom. The van der Waals surface area contributed by atoms with Gasteiger partial charge in [0.15, 0.2) is 0 Å². The van der Waals surface area contributed by atoms with Crippen molar-refractivity contribution in [1.29, 1.82) is 0 Å². The van der Waals surface area contributed by atoms with E-state index in [2.05, 4.69) is 23.8 Å². The second-order valence-corrected chi connectivity index (χ2v) is 7.54. The lowest BCUT2D eigenvalue weighted by molar-refractivity contribution is -0.135. The van der Waals surface area contributed by atoms with Gasteiger partial charge in [0.25, 0.3) is 0 Å². The Bertz CT molecular complexity index is 1080. The number of carboxylic acid groups (broad SMARTS) is 2. The van der Waals surface area contributed by atoms with Crippen LogP contribution in [0.3, 0.4) is 0 Å². The normalized spacial score (nSPS) is 15.1. The van der Waals surface area contributed by atoms with Gasteiger partial charge in [-0.25, -0.2) is 9.59 Å². The van der Waals surface area contributed by atoms with E-state index in [0.29, 0.717) is 22.8 Å². The van der Waals surface area contributed by atoms with Crippen LogP contribution in [0.25, 0.3) is 0 Å². The lowest BCUT2D eigenvalue weighted by Gasteiger charge is -2.41. The van der Waals surface area contributed by atoms with Gasteiger partial charge >= 0.3 is 11.9 Å². The van der Waals surface area contributed by atoms with Crippen LogP contribution in [0, 0.1) is 5.41 Å². The summed E-state index contributed by atoms with van der Waals surface area (Å²) in [5.41, 5.74) is 1.04. The number of anilines is 2. The molecule has 3 rings (SSSR count). The quantitative estimate of drug-likeness (QED) is 0.375. The first-order chi connectivity index (χ1) is 15.4. The molecular formula is C26H26N2O4. The van der Waals surface area contributed by atoms with E-state index in [1.54, 1.807) is 36.4 Å². The Hall–Kier alpha value is -4.06. The Labute approximate surface area is 187 Å². The van der Waals surface area contributed by atoms with E-state index in [1.165, 1.54) is 0 Å². The third kappa shape index (κ3) is 4.49. The number of hydrogen-bond acceptors (Lipinski definition) is 4. The lowest BCUT2D eigenvalue weighted by Crippen LogP contribution is -2.39. The van der Waals surface area contributed by atoms with Crippen molar-refractivity contribution in [3.8, 4) is 0 Å². The van der Waals surface area contributed by atoms with E-state index >= 15 is 0 Å². The molecule has 6 heteroatoms. The van der Waals surface area contributed by atoms with Crippen LogP contribution >= 0.6 is 0 Å². The minimum Gasteiger partial charge on any atom is -0.478 e. The second-order valence-electron chi connectivity index (χ2n) is 7.54. The summed E-state index contributed by atoms with van der Waals surface area (Å²) >= 11 is 0. The highest BCUT2D eigenvalue weighted by Gasteiger charge is 2.47. The summed E-state index contributed by atoms with van der Waals surface area (Å²) < 4.78 is 0. The highest BCUT2D eigenvalue weighted by molar-refractivity contribution is 5.97. The van der Waals surface area contributed by atoms with Crippen molar-refractivity contribution in [3.05, 3.63) is 109 Å². The van der Waals surface area contributed by atoms with E-state index in [1.807, 2.05) is 36.4 Å². The smallest absolute Gasteiger partial charge is 0.334 e. The molecule has 164 valence electrons. The fourth-order valence-electron chi connectivity index (χ4n) is 4.22. The van der Waals surface area contributed by atoms with Crippen molar-refractivity contribution in [2.75, 3.05) is 10.6 Å². The molecule has 0 bridgehead atoms. The van der Waals surface area contributed by atoms with Gasteiger partial charge in [-0.05, 0) is 37.1 Å². The summed E-state index contributed by atoms with van der Waals surface area (Å²) in [5.74, 6) is -2.23. The topological polar surface area (TPSA) is 98.7 Å². The van der Waals surface area contributed by atoms with Crippen molar-refractivity contribution < 1.29 is 19.8 Å². The summed E-state index contributed by atoms with van der Waals surface area (Å²) in [5, 5.41) is 26.8. The van der Waals surface area contributed by atoms with Crippen molar-refractivity contribution in [2.24, 2.45) is 5.41 Å². The summed E-state index contributed by atoms with van der Waals surface area (Å²) in [6.07, 6.45) is 3.59. The average Bonchev–Trinajstić information content (AvgIpc) is 2.77. The minimum atomic E-state index is -1.19. The lowest BCUT2D eigenvalue weighted by atomic mass is 9.66. The molecule has 0 aliphatic heterocycles. The molecule has 2 aromatic rings. The van der Waals surface area contributed by atoms with Gasteiger partial charge < -0.3 is 20.8 Å². The molecule has 1 aliphatic rings. The van der Waals surface area contributed by atoms with E-state index < -0.39 is 17.4 Å². The maximum absolute atomic E-state index is 12.6. The number of hydrogen-bond donors (Lipinski definition) is 4. The maximum atomic E-state index is 12.6. The molecule has 0 saturated heterocycles. The molecular weight excluding hydrogens is 404 g/mol. The van der Waals surface area contributed by atoms with Crippen molar-refractivity contribution in [1.82, 2.24) is 0 Å². The molecule has 2 aromatic carbocycles. The molecule has 32 heavy (non-hydrogen) atoms. The number of carboxylic acids is 2. The zero-order valence-electron chi connectivity index (χ0n) is 17.7. The van der Waals surface area contributed by atoms with Crippen LogP contribution in [0.4, 0.5) is 11.4 Å². The molecule has 0 atom stereocenters. The number of aliphatic carboxylic acids is 2. The van der Waals surface area contributed by atoms with Crippen LogP contribution in [0.15, 0.2) is 109 Å². The largest absolute Gasteiger partial charge is 0.478 e. The molecule has 0 amide bonds. The Kier molecular flexibility index (Phi) is 6.95. The van der Waals surface area contributed by atoms with E-state index in [4.69, 9.17) is 0 Å². The van der Waals surface area contributed by atoms with Gasteiger partial charge in [0.05, 0.1) is 16.6 Å². The van der Waals surface area contributed by atoms with Crippen LogP contribution in [0.5, 0.6) is 0 Å². The van der Waals surface area contributed by atoms with Gasteiger partial charge in [-0.2, -0.15) is 0 Å². The third-order valence-electron chi connectivity index (χ3n) is 5.48. The molecule has 0 saturated carbocycles. The zero-order valence-corrected chi connectivity index (χ0v) is 17.7. The molecule has 0 radical (unpaired) electrons. The fourth-order valence-corrected chi connectivity index (χ4v) is 4.22. The van der Waals surface area contributed by atoms with Crippen LogP contribution in [0.1, 0.15) is 19.3 Å². The van der Waals surface area contributed by atoms with Gasteiger partial charge in [0, 0.05) is 29.2 Å². The molecule has 0 aromatic heterocycles. The summed E-state index contributed by atoms with van der Waals surface area (Å²) in [6.45, 7) is 7.66. The van der Waals surface area contributed by atoms with Crippen molar-refractivity contribution in [3.63, 3.8) is 0 Å². The van der Waals surface area contributed by atoms with E-state index in [9.17, 15) is 19.8 Å². The molecule has 0 heterocycles. The number of para-hydroxylation sites is 2. The van der Waals surface area contributed by atoms with E-state index in [0.717, 1.165) is 0 Å². The molecule has 0 unspecified atom stereocenters. The maximum Gasteiger partial charge on any atom is 0.334 e. The summed E-state index contributed by atoms with van der Waals surface area (Å²) in [4.78, 5) is 25.0. The first-order valence-corrected chi connectivity index (χ1v) is 10.2. The first-order valence-electron chi connectivity index (χ1n) is 10.2. The molecule has 4 N–H and O–H groups in total. The van der Waals surface area contributed by atoms with Crippen LogP contribution < -0.4 is 10.6 Å². The van der Waals surface area contributed by atoms with Crippen molar-refractivity contribution in [2.45, 2.75) is 19.3 Å².